The second kappa shape index (κ2) is 8.07. The summed E-state index contributed by atoms with van der Waals surface area (Å²) in [5, 5.41) is 11.9. The van der Waals surface area contributed by atoms with Gasteiger partial charge in [-0.1, -0.05) is 20.8 Å². The predicted molar refractivity (Wildman–Crippen MR) is 56.4 cm³/mol. The van der Waals surface area contributed by atoms with Crippen LogP contribution >= 0.6 is 0 Å². The Hall–Kier alpha value is -0.550. The Bertz CT molecular complexity index is 147. The highest BCUT2D eigenvalue weighted by Gasteiger charge is 2.03. The van der Waals surface area contributed by atoms with Crippen LogP contribution in [-0.2, 0) is 0 Å². The number of nitriles is 1. The highest BCUT2D eigenvalue weighted by molar-refractivity contribution is 4.79. The van der Waals surface area contributed by atoms with Gasteiger partial charge < -0.3 is 5.32 Å². The summed E-state index contributed by atoms with van der Waals surface area (Å²) in [4.78, 5) is 0. The first-order chi connectivity index (χ1) is 6.20. The molecular formula is C11H22N2. The summed E-state index contributed by atoms with van der Waals surface area (Å²) in [7, 11) is 0. The molecule has 0 rings (SSSR count). The van der Waals surface area contributed by atoms with Crippen LogP contribution in [0.1, 0.15) is 46.5 Å². The van der Waals surface area contributed by atoms with Crippen molar-refractivity contribution in [3.8, 4) is 6.07 Å². The first-order valence-corrected chi connectivity index (χ1v) is 5.31. The van der Waals surface area contributed by atoms with Crippen molar-refractivity contribution in [3.63, 3.8) is 0 Å². The summed E-state index contributed by atoms with van der Waals surface area (Å²) in [6.45, 7) is 7.66. The second-order valence-corrected chi connectivity index (χ2v) is 3.96. The quantitative estimate of drug-likeness (QED) is 0.614. The van der Waals surface area contributed by atoms with Crippen LogP contribution in [0.3, 0.4) is 0 Å². The van der Waals surface area contributed by atoms with E-state index in [0.29, 0.717) is 12.5 Å². The third-order valence-corrected chi connectivity index (χ3v) is 2.22. The Balaban J connectivity index is 3.34. The lowest BCUT2D eigenvalue weighted by molar-refractivity contribution is 0.467. The van der Waals surface area contributed by atoms with Gasteiger partial charge in [-0.15, -0.1) is 0 Å². The van der Waals surface area contributed by atoms with E-state index in [2.05, 4.69) is 32.2 Å². The van der Waals surface area contributed by atoms with Crippen molar-refractivity contribution in [2.75, 3.05) is 6.54 Å². The first kappa shape index (κ1) is 12.4. The van der Waals surface area contributed by atoms with E-state index < -0.39 is 0 Å². The van der Waals surface area contributed by atoms with Crippen LogP contribution < -0.4 is 5.32 Å². The minimum Gasteiger partial charge on any atom is -0.313 e. The highest BCUT2D eigenvalue weighted by atomic mass is 14.9. The molecule has 0 aromatic heterocycles. The van der Waals surface area contributed by atoms with E-state index in [9.17, 15) is 0 Å². The van der Waals surface area contributed by atoms with E-state index in [1.165, 1.54) is 12.8 Å². The minimum atomic E-state index is 0.400. The van der Waals surface area contributed by atoms with Gasteiger partial charge in [0.1, 0.15) is 0 Å². The van der Waals surface area contributed by atoms with Gasteiger partial charge in [-0.2, -0.15) is 5.26 Å². The number of nitrogens with one attached hydrogen (secondary N) is 1. The Morgan fingerprint density at radius 2 is 2.08 bits per heavy atom. The zero-order valence-electron chi connectivity index (χ0n) is 9.14. The fourth-order valence-electron chi connectivity index (χ4n) is 1.29. The van der Waals surface area contributed by atoms with Crippen molar-refractivity contribution in [2.45, 2.75) is 52.5 Å². The van der Waals surface area contributed by atoms with E-state index in [1.54, 1.807) is 0 Å². The van der Waals surface area contributed by atoms with Crippen LogP contribution in [0.4, 0.5) is 0 Å². The zero-order valence-corrected chi connectivity index (χ0v) is 9.14. The number of rotatable bonds is 7. The molecule has 0 radical (unpaired) electrons. The van der Waals surface area contributed by atoms with Gasteiger partial charge in [0.15, 0.2) is 0 Å². The maximum absolute atomic E-state index is 8.52. The van der Waals surface area contributed by atoms with Gasteiger partial charge in [0.25, 0.3) is 0 Å². The monoisotopic (exact) mass is 182 g/mol. The van der Waals surface area contributed by atoms with Crippen molar-refractivity contribution in [2.24, 2.45) is 5.92 Å². The van der Waals surface area contributed by atoms with E-state index >= 15 is 0 Å². The maximum Gasteiger partial charge on any atom is 0.0638 e. The molecule has 0 saturated heterocycles. The molecule has 76 valence electrons. The zero-order chi connectivity index (χ0) is 10.1. The second-order valence-electron chi connectivity index (χ2n) is 3.96. The average molecular weight is 182 g/mol. The Morgan fingerprint density at radius 3 is 2.54 bits per heavy atom. The average Bonchev–Trinajstić information content (AvgIpc) is 2.10. The molecule has 0 aliphatic heterocycles. The van der Waals surface area contributed by atoms with Gasteiger partial charge in [-0.05, 0) is 31.7 Å². The molecule has 0 bridgehead atoms. The van der Waals surface area contributed by atoms with Crippen molar-refractivity contribution in [1.29, 1.82) is 5.26 Å². The summed E-state index contributed by atoms with van der Waals surface area (Å²) in [6, 6.07) is 2.61. The molecular weight excluding hydrogens is 160 g/mol. The summed E-state index contributed by atoms with van der Waals surface area (Å²) < 4.78 is 0. The Labute approximate surface area is 82.3 Å². The number of nitrogens with zero attached hydrogens (tertiary/aromatic N) is 1. The third kappa shape index (κ3) is 7.80. The number of hydrogen-bond acceptors (Lipinski definition) is 2. The Morgan fingerprint density at radius 1 is 1.38 bits per heavy atom. The summed E-state index contributed by atoms with van der Waals surface area (Å²) in [5.74, 6) is 0.790. The van der Waals surface area contributed by atoms with Crippen LogP contribution in [-0.4, -0.2) is 12.6 Å². The molecule has 0 aromatic carbocycles. The Kier molecular flexibility index (Phi) is 7.73. The lowest BCUT2D eigenvalue weighted by Crippen LogP contribution is -2.29. The number of hydrogen-bond donors (Lipinski definition) is 1. The summed E-state index contributed by atoms with van der Waals surface area (Å²) in [5.41, 5.74) is 0. The molecule has 0 saturated carbocycles. The summed E-state index contributed by atoms with van der Waals surface area (Å²) >= 11 is 0. The smallest absolute Gasteiger partial charge is 0.0638 e. The molecule has 0 fully saturated rings. The molecule has 2 nitrogen and oxygen atoms in total. The van der Waals surface area contributed by atoms with Gasteiger partial charge >= 0.3 is 0 Å². The van der Waals surface area contributed by atoms with Gasteiger partial charge in [0.05, 0.1) is 12.5 Å². The van der Waals surface area contributed by atoms with Crippen molar-refractivity contribution >= 4 is 0 Å². The molecule has 13 heavy (non-hydrogen) atoms. The van der Waals surface area contributed by atoms with E-state index in [4.69, 9.17) is 5.26 Å². The molecule has 0 amide bonds. The highest BCUT2D eigenvalue weighted by Crippen LogP contribution is 2.03. The summed E-state index contributed by atoms with van der Waals surface area (Å²) in [6.07, 6.45) is 4.18. The van der Waals surface area contributed by atoms with Crippen LogP contribution in [0.2, 0.25) is 0 Å². The van der Waals surface area contributed by atoms with E-state index in [-0.39, 0.29) is 0 Å². The largest absolute Gasteiger partial charge is 0.313 e. The molecule has 0 heterocycles. The van der Waals surface area contributed by atoms with E-state index in [1.807, 2.05) is 0 Å². The van der Waals surface area contributed by atoms with Gasteiger partial charge in [0.2, 0.25) is 0 Å². The van der Waals surface area contributed by atoms with Crippen LogP contribution in [0.25, 0.3) is 0 Å². The predicted octanol–water partition coefficient (Wildman–Crippen LogP) is 2.70. The topological polar surface area (TPSA) is 35.8 Å². The molecule has 1 unspecified atom stereocenters. The van der Waals surface area contributed by atoms with Crippen molar-refractivity contribution in [3.05, 3.63) is 0 Å². The molecule has 1 N–H and O–H groups in total. The van der Waals surface area contributed by atoms with Crippen LogP contribution in [0, 0.1) is 17.2 Å². The van der Waals surface area contributed by atoms with E-state index in [0.717, 1.165) is 18.9 Å². The third-order valence-electron chi connectivity index (χ3n) is 2.22. The molecule has 0 aromatic rings. The van der Waals surface area contributed by atoms with Gasteiger partial charge in [0, 0.05) is 6.04 Å². The van der Waals surface area contributed by atoms with Gasteiger partial charge in [-0.25, -0.2) is 0 Å². The first-order valence-electron chi connectivity index (χ1n) is 5.31. The lowest BCUT2D eigenvalue weighted by atomic mass is 10.1. The minimum absolute atomic E-state index is 0.400. The maximum atomic E-state index is 8.52. The normalized spacial score (nSPS) is 12.8. The van der Waals surface area contributed by atoms with Crippen molar-refractivity contribution < 1.29 is 0 Å². The van der Waals surface area contributed by atoms with Crippen LogP contribution in [0.5, 0.6) is 0 Å². The molecule has 0 spiro atoms. The lowest BCUT2D eigenvalue weighted by Gasteiger charge is -2.13. The molecule has 0 aliphatic carbocycles. The van der Waals surface area contributed by atoms with Crippen LogP contribution in [0.15, 0.2) is 0 Å². The standard InChI is InChI=1S/C11H22N2/c1-4-11(7-8-12)13-9-5-6-10(2)3/h10-11,13H,4-7,9H2,1-3H3. The van der Waals surface area contributed by atoms with Crippen molar-refractivity contribution in [1.82, 2.24) is 5.32 Å². The molecule has 2 heteroatoms. The molecule has 0 aliphatic rings. The fourth-order valence-corrected chi connectivity index (χ4v) is 1.29. The fraction of sp³-hybridized carbons (Fsp3) is 0.909. The SMILES string of the molecule is CCC(CC#N)NCCCC(C)C. The molecule has 1 atom stereocenters. The van der Waals surface area contributed by atoms with Gasteiger partial charge in [-0.3, -0.25) is 0 Å².